The second-order valence-corrected chi connectivity index (χ2v) is 7.74. The highest BCUT2D eigenvalue weighted by Crippen LogP contribution is 2.35. The average Bonchev–Trinajstić information content (AvgIpc) is 2.61. The van der Waals surface area contributed by atoms with Gasteiger partial charge in [-0.3, -0.25) is 4.48 Å². The summed E-state index contributed by atoms with van der Waals surface area (Å²) in [7, 11) is 6.28. The van der Waals surface area contributed by atoms with Crippen molar-refractivity contribution in [3.8, 4) is 6.07 Å². The van der Waals surface area contributed by atoms with Crippen LogP contribution in [0.15, 0.2) is 46.6 Å². The summed E-state index contributed by atoms with van der Waals surface area (Å²) in [5.41, 5.74) is 4.61. The molecule has 2 aromatic carbocycles. The average molecular weight is 420 g/mol. The van der Waals surface area contributed by atoms with Crippen LogP contribution in [0.1, 0.15) is 18.9 Å². The van der Waals surface area contributed by atoms with Gasteiger partial charge in [0.05, 0.1) is 44.3 Å². The first-order chi connectivity index (χ1) is 12.8. The van der Waals surface area contributed by atoms with E-state index in [-0.39, 0.29) is 12.4 Å². The zero-order valence-electron chi connectivity index (χ0n) is 17.1. The number of benzene rings is 2. The van der Waals surface area contributed by atoms with Crippen molar-refractivity contribution in [3.63, 3.8) is 0 Å². The van der Waals surface area contributed by atoms with Crippen LogP contribution in [-0.2, 0) is 0 Å². The normalized spacial score (nSPS) is 11.2. The van der Waals surface area contributed by atoms with E-state index in [1.807, 2.05) is 43.3 Å². The third-order valence-corrected chi connectivity index (χ3v) is 4.64. The molecule has 0 heterocycles. The number of anilines is 1. The zero-order valence-corrected chi connectivity index (χ0v) is 18.6. The summed E-state index contributed by atoms with van der Waals surface area (Å²) in [6.45, 7) is 5.56. The van der Waals surface area contributed by atoms with E-state index in [1.165, 1.54) is 0 Å². The van der Waals surface area contributed by atoms with Crippen LogP contribution >= 0.6 is 11.6 Å². The van der Waals surface area contributed by atoms with E-state index in [0.29, 0.717) is 28.2 Å². The number of quaternary nitrogens is 1. The van der Waals surface area contributed by atoms with Gasteiger partial charge in [-0.15, -0.1) is 10.2 Å². The maximum absolute atomic E-state index is 8.91. The topological polar surface area (TPSA) is 51.8 Å². The number of aryl methyl sites for hydroxylation is 1. The summed E-state index contributed by atoms with van der Waals surface area (Å²) in [6, 6.07) is 14.1. The molecule has 5 nitrogen and oxygen atoms in total. The monoisotopic (exact) mass is 419 g/mol. The molecule has 0 aliphatic carbocycles. The first-order valence-electron chi connectivity index (χ1n) is 9.02. The molecule has 28 heavy (non-hydrogen) atoms. The molecule has 0 fully saturated rings. The molecule has 0 aromatic heterocycles. The SMILES string of the molecule is CCN(CCC#N)c1ccc(C)cc1N=Nc1cc([N+](C)(C)C)ccc1Cl.[Cl-]. The Kier molecular flexibility index (Phi) is 8.90. The Bertz CT molecular complexity index is 866. The molecule has 0 N–H and O–H groups in total. The second kappa shape index (κ2) is 10.4. The summed E-state index contributed by atoms with van der Waals surface area (Å²) in [4.78, 5) is 2.14. The molecule has 7 heteroatoms. The zero-order chi connectivity index (χ0) is 20.0. The molecule has 0 bridgehead atoms. The van der Waals surface area contributed by atoms with E-state index < -0.39 is 0 Å². The molecule has 0 atom stereocenters. The standard InChI is InChI=1S/C21H27ClN5.ClH/c1-6-26(13-7-12-23)21-11-8-16(2)14-20(21)25-24-19-15-17(27(3,4)5)9-10-18(19)22;/h8-11,14-15H,6-7,13H2,1-5H3;1H/q+1;/p-1. The number of azo groups is 1. The van der Waals surface area contributed by atoms with Gasteiger partial charge in [0.2, 0.25) is 0 Å². The van der Waals surface area contributed by atoms with E-state index in [0.717, 1.165) is 29.2 Å². The van der Waals surface area contributed by atoms with Crippen molar-refractivity contribution in [1.29, 1.82) is 5.26 Å². The van der Waals surface area contributed by atoms with Gasteiger partial charge in [0.25, 0.3) is 0 Å². The maximum Gasteiger partial charge on any atom is 0.134 e. The fourth-order valence-corrected chi connectivity index (χ4v) is 2.87. The minimum Gasteiger partial charge on any atom is -1.00 e. The van der Waals surface area contributed by atoms with Crippen LogP contribution < -0.4 is 21.8 Å². The Morgan fingerprint density at radius 3 is 2.36 bits per heavy atom. The first-order valence-corrected chi connectivity index (χ1v) is 9.40. The van der Waals surface area contributed by atoms with Crippen LogP contribution in [0.4, 0.5) is 22.7 Å². The molecule has 0 aliphatic heterocycles. The predicted molar refractivity (Wildman–Crippen MR) is 114 cm³/mol. The minimum atomic E-state index is 0. The van der Waals surface area contributed by atoms with E-state index >= 15 is 0 Å². The molecule has 0 saturated heterocycles. The first kappa shape index (κ1) is 23.9. The summed E-state index contributed by atoms with van der Waals surface area (Å²) in [6.07, 6.45) is 0.468. The summed E-state index contributed by atoms with van der Waals surface area (Å²) < 4.78 is 0.674. The van der Waals surface area contributed by atoms with Crippen LogP contribution in [-0.4, -0.2) is 34.2 Å². The lowest BCUT2D eigenvalue weighted by Gasteiger charge is -2.24. The second-order valence-electron chi connectivity index (χ2n) is 7.33. The largest absolute Gasteiger partial charge is 1.00 e. The number of hydrogen-bond donors (Lipinski definition) is 0. The van der Waals surface area contributed by atoms with Crippen molar-refractivity contribution in [1.82, 2.24) is 4.48 Å². The summed E-state index contributed by atoms with van der Waals surface area (Å²) in [5, 5.41) is 18.4. The quantitative estimate of drug-likeness (QED) is 0.511. The third kappa shape index (κ3) is 6.20. The highest BCUT2D eigenvalue weighted by molar-refractivity contribution is 6.33. The van der Waals surface area contributed by atoms with Gasteiger partial charge in [-0.25, -0.2) is 0 Å². The fraction of sp³-hybridized carbons (Fsp3) is 0.381. The summed E-state index contributed by atoms with van der Waals surface area (Å²) in [5.74, 6) is 0. The molecule has 0 radical (unpaired) electrons. The van der Waals surface area contributed by atoms with E-state index in [9.17, 15) is 0 Å². The van der Waals surface area contributed by atoms with Crippen LogP contribution in [0.25, 0.3) is 0 Å². The van der Waals surface area contributed by atoms with Crippen molar-refractivity contribution < 1.29 is 12.4 Å². The van der Waals surface area contributed by atoms with Gasteiger partial charge in [-0.2, -0.15) is 5.26 Å². The highest BCUT2D eigenvalue weighted by atomic mass is 35.5. The van der Waals surface area contributed by atoms with Crippen molar-refractivity contribution in [2.24, 2.45) is 10.2 Å². The Balaban J connectivity index is 0.00000392. The molecular formula is C21H27Cl2N5. The molecular weight excluding hydrogens is 393 g/mol. The number of nitrogens with zero attached hydrogens (tertiary/aromatic N) is 5. The summed E-state index contributed by atoms with van der Waals surface area (Å²) >= 11 is 6.33. The minimum absolute atomic E-state index is 0. The third-order valence-electron chi connectivity index (χ3n) is 4.32. The maximum atomic E-state index is 8.91. The van der Waals surface area contributed by atoms with Crippen LogP contribution in [0, 0.1) is 18.3 Å². The number of nitriles is 1. The lowest BCUT2D eigenvalue weighted by molar-refractivity contribution is -0.00000611. The van der Waals surface area contributed by atoms with Gasteiger partial charge in [0.15, 0.2) is 0 Å². The molecule has 0 saturated carbocycles. The highest BCUT2D eigenvalue weighted by Gasteiger charge is 2.15. The molecule has 0 unspecified atom stereocenters. The Hall–Kier alpha value is -2.13. The van der Waals surface area contributed by atoms with Crippen molar-refractivity contribution in [2.75, 3.05) is 39.1 Å². The van der Waals surface area contributed by atoms with E-state index in [1.54, 1.807) is 0 Å². The van der Waals surface area contributed by atoms with Gasteiger partial charge in [0, 0.05) is 25.2 Å². The molecule has 2 rings (SSSR count). The number of hydrogen-bond acceptors (Lipinski definition) is 4. The van der Waals surface area contributed by atoms with Gasteiger partial charge >= 0.3 is 0 Å². The van der Waals surface area contributed by atoms with Gasteiger partial charge in [-0.1, -0.05) is 17.7 Å². The smallest absolute Gasteiger partial charge is 0.134 e. The molecule has 150 valence electrons. The molecule has 0 spiro atoms. The van der Waals surface area contributed by atoms with Crippen LogP contribution in [0.3, 0.4) is 0 Å². The molecule has 0 aliphatic rings. The van der Waals surface area contributed by atoms with Crippen LogP contribution in [0.5, 0.6) is 0 Å². The predicted octanol–water partition coefficient (Wildman–Crippen LogP) is 3.00. The van der Waals surface area contributed by atoms with Gasteiger partial charge < -0.3 is 17.3 Å². The number of rotatable bonds is 7. The Labute approximate surface area is 179 Å². The fourth-order valence-electron chi connectivity index (χ4n) is 2.72. The van der Waals surface area contributed by atoms with E-state index in [2.05, 4.69) is 49.3 Å². The number of halogens is 2. The lowest BCUT2D eigenvalue weighted by atomic mass is 10.1. The van der Waals surface area contributed by atoms with Gasteiger partial charge in [0.1, 0.15) is 17.1 Å². The van der Waals surface area contributed by atoms with Crippen molar-refractivity contribution >= 4 is 34.4 Å². The van der Waals surface area contributed by atoms with Crippen LogP contribution in [0.2, 0.25) is 5.02 Å². The van der Waals surface area contributed by atoms with Gasteiger partial charge in [-0.05, 0) is 37.6 Å². The Morgan fingerprint density at radius 1 is 1.07 bits per heavy atom. The lowest BCUT2D eigenvalue weighted by Crippen LogP contribution is -3.00. The van der Waals surface area contributed by atoms with E-state index in [4.69, 9.17) is 16.9 Å². The molecule has 0 amide bonds. The molecule has 2 aromatic rings. The van der Waals surface area contributed by atoms with Crippen molar-refractivity contribution in [3.05, 3.63) is 47.0 Å². The Morgan fingerprint density at radius 2 is 1.75 bits per heavy atom. The van der Waals surface area contributed by atoms with Crippen molar-refractivity contribution in [2.45, 2.75) is 20.3 Å².